The van der Waals surface area contributed by atoms with Gasteiger partial charge in [-0.1, -0.05) is 18.2 Å². The van der Waals surface area contributed by atoms with E-state index in [0.29, 0.717) is 5.69 Å². The SMILES string of the molecule is CC(=O)N1c2ccccc2C(Oc2ccc(N)cc2)CC1C. The Morgan fingerprint density at radius 1 is 1.18 bits per heavy atom. The fourth-order valence-electron chi connectivity index (χ4n) is 3.06. The van der Waals surface area contributed by atoms with Gasteiger partial charge in [-0.25, -0.2) is 0 Å². The van der Waals surface area contributed by atoms with Crippen molar-refractivity contribution in [1.82, 2.24) is 0 Å². The summed E-state index contributed by atoms with van der Waals surface area (Å²) < 4.78 is 6.14. The van der Waals surface area contributed by atoms with Crippen molar-refractivity contribution in [2.45, 2.75) is 32.4 Å². The van der Waals surface area contributed by atoms with Crippen LogP contribution in [0.15, 0.2) is 48.5 Å². The molecule has 0 saturated heterocycles. The summed E-state index contributed by atoms with van der Waals surface area (Å²) in [5.41, 5.74) is 8.41. The van der Waals surface area contributed by atoms with Crippen molar-refractivity contribution in [3.05, 3.63) is 54.1 Å². The van der Waals surface area contributed by atoms with E-state index in [1.807, 2.05) is 53.4 Å². The second kappa shape index (κ2) is 5.72. The second-order valence-electron chi connectivity index (χ2n) is 5.71. The lowest BCUT2D eigenvalue weighted by Gasteiger charge is -2.38. The molecule has 0 saturated carbocycles. The molecule has 0 aromatic heterocycles. The van der Waals surface area contributed by atoms with Gasteiger partial charge < -0.3 is 15.4 Å². The van der Waals surface area contributed by atoms with E-state index in [1.165, 1.54) is 0 Å². The van der Waals surface area contributed by atoms with Crippen LogP contribution < -0.4 is 15.4 Å². The van der Waals surface area contributed by atoms with Gasteiger partial charge in [-0.3, -0.25) is 4.79 Å². The number of carbonyl (C=O) groups excluding carboxylic acids is 1. The minimum absolute atomic E-state index is 0.0610. The van der Waals surface area contributed by atoms with E-state index in [4.69, 9.17) is 10.5 Å². The molecule has 22 heavy (non-hydrogen) atoms. The predicted octanol–water partition coefficient (Wildman–Crippen LogP) is 3.53. The summed E-state index contributed by atoms with van der Waals surface area (Å²) in [5.74, 6) is 0.850. The third-order valence-corrected chi connectivity index (χ3v) is 4.04. The van der Waals surface area contributed by atoms with Crippen molar-refractivity contribution in [3.8, 4) is 5.75 Å². The molecule has 0 aliphatic carbocycles. The predicted molar refractivity (Wildman–Crippen MR) is 87.9 cm³/mol. The molecule has 2 aromatic rings. The molecule has 0 radical (unpaired) electrons. The lowest BCUT2D eigenvalue weighted by molar-refractivity contribution is -0.117. The molecule has 1 aliphatic rings. The van der Waals surface area contributed by atoms with Gasteiger partial charge in [0.05, 0.1) is 5.69 Å². The van der Waals surface area contributed by atoms with Crippen LogP contribution in [0.25, 0.3) is 0 Å². The number of nitrogens with two attached hydrogens (primary N) is 1. The average Bonchev–Trinajstić information content (AvgIpc) is 2.49. The molecule has 2 N–H and O–H groups in total. The van der Waals surface area contributed by atoms with Gasteiger partial charge in [0.1, 0.15) is 11.9 Å². The van der Waals surface area contributed by atoms with Crippen LogP contribution in [-0.4, -0.2) is 11.9 Å². The topological polar surface area (TPSA) is 55.6 Å². The number of hydrogen-bond donors (Lipinski definition) is 1. The summed E-state index contributed by atoms with van der Waals surface area (Å²) >= 11 is 0. The number of carbonyl (C=O) groups is 1. The first-order chi connectivity index (χ1) is 10.6. The molecular formula is C18H20N2O2. The van der Waals surface area contributed by atoms with Crippen LogP contribution in [-0.2, 0) is 4.79 Å². The standard InChI is InChI=1S/C18H20N2O2/c1-12-11-18(22-15-9-7-14(19)8-10-15)16-5-3-4-6-17(16)20(12)13(2)21/h3-10,12,18H,11,19H2,1-2H3. The Hall–Kier alpha value is -2.49. The van der Waals surface area contributed by atoms with Crippen LogP contribution in [0.3, 0.4) is 0 Å². The van der Waals surface area contributed by atoms with E-state index in [-0.39, 0.29) is 18.1 Å². The van der Waals surface area contributed by atoms with Gasteiger partial charge in [0.25, 0.3) is 0 Å². The van der Waals surface area contributed by atoms with Crippen molar-refractivity contribution in [2.24, 2.45) is 0 Å². The molecule has 4 nitrogen and oxygen atoms in total. The molecular weight excluding hydrogens is 276 g/mol. The molecule has 0 bridgehead atoms. The lowest BCUT2D eigenvalue weighted by Crippen LogP contribution is -2.42. The Balaban J connectivity index is 1.94. The Labute approximate surface area is 130 Å². The van der Waals surface area contributed by atoms with E-state index in [1.54, 1.807) is 6.92 Å². The van der Waals surface area contributed by atoms with Gasteiger partial charge in [-0.05, 0) is 37.3 Å². The smallest absolute Gasteiger partial charge is 0.224 e. The first-order valence-electron chi connectivity index (χ1n) is 7.47. The number of rotatable bonds is 2. The molecule has 3 rings (SSSR count). The Morgan fingerprint density at radius 2 is 1.86 bits per heavy atom. The summed E-state index contributed by atoms with van der Waals surface area (Å²) in [6.07, 6.45) is 0.700. The number of amides is 1. The van der Waals surface area contributed by atoms with Gasteiger partial charge in [0, 0.05) is 30.6 Å². The highest BCUT2D eigenvalue weighted by molar-refractivity contribution is 5.93. The molecule has 2 unspecified atom stereocenters. The maximum Gasteiger partial charge on any atom is 0.224 e. The highest BCUT2D eigenvalue weighted by Crippen LogP contribution is 2.39. The van der Waals surface area contributed by atoms with E-state index in [9.17, 15) is 4.79 Å². The van der Waals surface area contributed by atoms with E-state index in [0.717, 1.165) is 23.4 Å². The van der Waals surface area contributed by atoms with Crippen LogP contribution >= 0.6 is 0 Å². The minimum Gasteiger partial charge on any atom is -0.486 e. The monoisotopic (exact) mass is 296 g/mol. The molecule has 2 atom stereocenters. The number of fused-ring (bicyclic) bond motifs is 1. The molecule has 4 heteroatoms. The first kappa shape index (κ1) is 14.4. The largest absolute Gasteiger partial charge is 0.486 e. The number of para-hydroxylation sites is 1. The van der Waals surface area contributed by atoms with E-state index < -0.39 is 0 Å². The highest BCUT2D eigenvalue weighted by Gasteiger charge is 2.33. The average molecular weight is 296 g/mol. The van der Waals surface area contributed by atoms with Crippen LogP contribution in [0.1, 0.15) is 31.9 Å². The number of ether oxygens (including phenoxy) is 1. The van der Waals surface area contributed by atoms with E-state index in [2.05, 4.69) is 6.92 Å². The Kier molecular flexibility index (Phi) is 3.75. The maximum absolute atomic E-state index is 11.9. The van der Waals surface area contributed by atoms with Crippen LogP contribution in [0.2, 0.25) is 0 Å². The molecule has 1 heterocycles. The van der Waals surface area contributed by atoms with Crippen molar-refractivity contribution in [2.75, 3.05) is 10.6 Å². The number of benzene rings is 2. The Morgan fingerprint density at radius 3 is 2.55 bits per heavy atom. The number of anilines is 2. The molecule has 0 spiro atoms. The Bertz CT molecular complexity index is 682. The normalized spacial score (nSPS) is 20.4. The van der Waals surface area contributed by atoms with Gasteiger partial charge in [0.2, 0.25) is 5.91 Å². The van der Waals surface area contributed by atoms with Crippen molar-refractivity contribution in [3.63, 3.8) is 0 Å². The zero-order valence-corrected chi connectivity index (χ0v) is 12.8. The molecule has 2 aromatic carbocycles. The third kappa shape index (κ3) is 2.64. The fourth-order valence-corrected chi connectivity index (χ4v) is 3.06. The minimum atomic E-state index is -0.0644. The van der Waals surface area contributed by atoms with Gasteiger partial charge in [0.15, 0.2) is 0 Å². The van der Waals surface area contributed by atoms with Crippen LogP contribution in [0, 0.1) is 0 Å². The zero-order chi connectivity index (χ0) is 15.7. The first-order valence-corrected chi connectivity index (χ1v) is 7.47. The molecule has 1 amide bonds. The third-order valence-electron chi connectivity index (χ3n) is 4.04. The summed E-state index contributed by atoms with van der Waals surface area (Å²) in [7, 11) is 0. The maximum atomic E-state index is 11.9. The fraction of sp³-hybridized carbons (Fsp3) is 0.278. The van der Waals surface area contributed by atoms with Crippen molar-refractivity contribution in [1.29, 1.82) is 0 Å². The van der Waals surface area contributed by atoms with Crippen LogP contribution in [0.5, 0.6) is 5.75 Å². The van der Waals surface area contributed by atoms with E-state index >= 15 is 0 Å². The lowest BCUT2D eigenvalue weighted by atomic mass is 9.93. The molecule has 114 valence electrons. The number of hydrogen-bond acceptors (Lipinski definition) is 3. The summed E-state index contributed by atoms with van der Waals surface area (Å²) in [6.45, 7) is 3.66. The molecule has 1 aliphatic heterocycles. The highest BCUT2D eigenvalue weighted by atomic mass is 16.5. The van der Waals surface area contributed by atoms with Gasteiger partial charge in [-0.15, -0.1) is 0 Å². The number of nitrogen functional groups attached to an aromatic ring is 1. The van der Waals surface area contributed by atoms with Crippen molar-refractivity contribution >= 4 is 17.3 Å². The quantitative estimate of drug-likeness (QED) is 0.862. The summed E-state index contributed by atoms with van der Waals surface area (Å²) in [4.78, 5) is 13.8. The summed E-state index contributed by atoms with van der Waals surface area (Å²) in [6, 6.07) is 15.4. The summed E-state index contributed by atoms with van der Waals surface area (Å²) in [5, 5.41) is 0. The van der Waals surface area contributed by atoms with Gasteiger partial charge in [-0.2, -0.15) is 0 Å². The zero-order valence-electron chi connectivity index (χ0n) is 12.8. The van der Waals surface area contributed by atoms with Crippen molar-refractivity contribution < 1.29 is 9.53 Å². The molecule has 0 fully saturated rings. The van der Waals surface area contributed by atoms with Crippen LogP contribution in [0.4, 0.5) is 11.4 Å². The van der Waals surface area contributed by atoms with Gasteiger partial charge >= 0.3 is 0 Å². The number of nitrogens with zero attached hydrogens (tertiary/aromatic N) is 1. The second-order valence-corrected chi connectivity index (χ2v) is 5.71.